The van der Waals surface area contributed by atoms with Gasteiger partial charge < -0.3 is 5.73 Å². The Morgan fingerprint density at radius 1 is 1.47 bits per heavy atom. The number of nitriles is 2. The van der Waals surface area contributed by atoms with Gasteiger partial charge in [0.1, 0.15) is 6.07 Å². The van der Waals surface area contributed by atoms with Gasteiger partial charge >= 0.3 is 0 Å². The molecule has 15 heavy (non-hydrogen) atoms. The molecule has 1 aromatic rings. The number of hydrogen-bond donors (Lipinski definition) is 1. The maximum atomic E-state index is 10.6. The van der Waals surface area contributed by atoms with Crippen LogP contribution in [0.3, 0.4) is 0 Å². The minimum atomic E-state index is -0.632. The Balaban J connectivity index is 3.52. The van der Waals surface area contributed by atoms with Gasteiger partial charge in [-0.3, -0.25) is 10.1 Å². The molecule has 2 N–H and O–H groups in total. The molecule has 74 valence electrons. The van der Waals surface area contributed by atoms with Crippen LogP contribution in [0.5, 0.6) is 0 Å². The highest BCUT2D eigenvalue weighted by Crippen LogP contribution is 2.26. The lowest BCUT2D eigenvalue weighted by Gasteiger charge is -2.03. The third-order valence-corrected chi connectivity index (χ3v) is 1.88. The quantitative estimate of drug-likeness (QED) is 0.438. The summed E-state index contributed by atoms with van der Waals surface area (Å²) in [5.74, 6) is 0. The van der Waals surface area contributed by atoms with E-state index < -0.39 is 4.92 Å². The summed E-state index contributed by atoms with van der Waals surface area (Å²) < 4.78 is 0. The average molecular weight is 202 g/mol. The van der Waals surface area contributed by atoms with Crippen LogP contribution in [0.2, 0.25) is 0 Å². The SMILES string of the molecule is N#CCc1c([N+](=O)[O-])ccc(N)c1C#N. The molecule has 0 spiro atoms. The van der Waals surface area contributed by atoms with Gasteiger partial charge in [0.05, 0.1) is 34.2 Å². The minimum Gasteiger partial charge on any atom is -0.398 e. The molecule has 0 saturated carbocycles. The van der Waals surface area contributed by atoms with E-state index in [-0.39, 0.29) is 28.9 Å². The Bertz CT molecular complexity index is 496. The lowest BCUT2D eigenvalue weighted by molar-refractivity contribution is -0.385. The van der Waals surface area contributed by atoms with Crippen molar-refractivity contribution in [3.05, 3.63) is 33.4 Å². The van der Waals surface area contributed by atoms with Crippen molar-refractivity contribution in [1.29, 1.82) is 10.5 Å². The predicted octanol–water partition coefficient (Wildman–Crippen LogP) is 1.11. The van der Waals surface area contributed by atoms with E-state index in [2.05, 4.69) is 0 Å². The number of rotatable bonds is 2. The second kappa shape index (κ2) is 4.07. The topological polar surface area (TPSA) is 117 Å². The zero-order chi connectivity index (χ0) is 11.4. The van der Waals surface area contributed by atoms with Crippen molar-refractivity contribution in [3.8, 4) is 12.1 Å². The van der Waals surface area contributed by atoms with Crippen molar-refractivity contribution in [1.82, 2.24) is 0 Å². The average Bonchev–Trinajstić information content (AvgIpc) is 2.18. The fourth-order valence-electron chi connectivity index (χ4n) is 1.22. The second-order valence-corrected chi connectivity index (χ2v) is 2.73. The standard InChI is InChI=1S/C9H6N4O2/c10-4-3-6-7(5-11)8(12)1-2-9(6)13(14)15/h1-2H,3,12H2. The zero-order valence-electron chi connectivity index (χ0n) is 7.60. The summed E-state index contributed by atoms with van der Waals surface area (Å²) in [4.78, 5) is 9.99. The number of benzene rings is 1. The van der Waals surface area contributed by atoms with E-state index in [0.717, 1.165) is 0 Å². The van der Waals surface area contributed by atoms with Crippen molar-refractivity contribution < 1.29 is 4.92 Å². The second-order valence-electron chi connectivity index (χ2n) is 2.73. The first-order valence-electron chi connectivity index (χ1n) is 3.94. The molecule has 0 saturated heterocycles. The van der Waals surface area contributed by atoms with Crippen LogP contribution in [0.15, 0.2) is 12.1 Å². The number of anilines is 1. The normalized spacial score (nSPS) is 8.93. The van der Waals surface area contributed by atoms with Crippen LogP contribution >= 0.6 is 0 Å². The summed E-state index contributed by atoms with van der Waals surface area (Å²) in [6, 6.07) is 6.02. The Kier molecular flexibility index (Phi) is 2.85. The summed E-state index contributed by atoms with van der Waals surface area (Å²) in [6.45, 7) is 0. The molecule has 0 aromatic heterocycles. The molecule has 0 unspecified atom stereocenters. The third kappa shape index (κ3) is 1.84. The maximum absolute atomic E-state index is 10.6. The smallest absolute Gasteiger partial charge is 0.275 e. The first-order valence-corrected chi connectivity index (χ1v) is 3.94. The van der Waals surface area contributed by atoms with Gasteiger partial charge in [0.25, 0.3) is 5.69 Å². The van der Waals surface area contributed by atoms with E-state index in [1.54, 1.807) is 12.1 Å². The molecular formula is C9H6N4O2. The first kappa shape index (κ1) is 10.5. The number of nitro benzene ring substituents is 1. The first-order chi connectivity index (χ1) is 7.11. The third-order valence-electron chi connectivity index (χ3n) is 1.88. The van der Waals surface area contributed by atoms with E-state index in [9.17, 15) is 10.1 Å². The number of nitrogens with two attached hydrogens (primary N) is 1. The van der Waals surface area contributed by atoms with Crippen molar-refractivity contribution >= 4 is 11.4 Å². The lowest BCUT2D eigenvalue weighted by Crippen LogP contribution is -2.01. The summed E-state index contributed by atoms with van der Waals surface area (Å²) in [5.41, 5.74) is 5.45. The van der Waals surface area contributed by atoms with Gasteiger partial charge in [0.2, 0.25) is 0 Å². The Hall–Kier alpha value is -2.60. The molecule has 0 aliphatic rings. The molecule has 0 fully saturated rings. The molecule has 0 amide bonds. The van der Waals surface area contributed by atoms with Crippen molar-refractivity contribution in [3.63, 3.8) is 0 Å². The van der Waals surface area contributed by atoms with Gasteiger partial charge in [-0.05, 0) is 6.07 Å². The van der Waals surface area contributed by atoms with Crippen LogP contribution in [0, 0.1) is 32.8 Å². The number of nitro groups is 1. The maximum Gasteiger partial charge on any atom is 0.275 e. The van der Waals surface area contributed by atoms with Gasteiger partial charge in [0.15, 0.2) is 0 Å². The highest BCUT2D eigenvalue weighted by atomic mass is 16.6. The summed E-state index contributed by atoms with van der Waals surface area (Å²) >= 11 is 0. The molecule has 6 nitrogen and oxygen atoms in total. The zero-order valence-corrected chi connectivity index (χ0v) is 7.60. The fraction of sp³-hybridized carbons (Fsp3) is 0.111. The number of nitrogens with zero attached hydrogens (tertiary/aromatic N) is 3. The van der Waals surface area contributed by atoms with Crippen LogP contribution in [0.25, 0.3) is 0 Å². The van der Waals surface area contributed by atoms with E-state index in [4.69, 9.17) is 16.3 Å². The largest absolute Gasteiger partial charge is 0.398 e. The predicted molar refractivity (Wildman–Crippen MR) is 51.5 cm³/mol. The van der Waals surface area contributed by atoms with Crippen LogP contribution in [-0.2, 0) is 6.42 Å². The summed E-state index contributed by atoms with van der Waals surface area (Å²) in [7, 11) is 0. The molecule has 0 radical (unpaired) electrons. The van der Waals surface area contributed by atoms with E-state index in [1.807, 2.05) is 0 Å². The van der Waals surface area contributed by atoms with Gasteiger partial charge in [-0.15, -0.1) is 0 Å². The Morgan fingerprint density at radius 3 is 2.60 bits per heavy atom. The van der Waals surface area contributed by atoms with Gasteiger partial charge in [0, 0.05) is 6.07 Å². The monoisotopic (exact) mass is 202 g/mol. The van der Waals surface area contributed by atoms with Crippen LogP contribution in [-0.4, -0.2) is 4.92 Å². The van der Waals surface area contributed by atoms with E-state index in [1.165, 1.54) is 12.1 Å². The fourth-order valence-corrected chi connectivity index (χ4v) is 1.22. The molecule has 0 heterocycles. The molecule has 0 atom stereocenters. The molecule has 0 bridgehead atoms. The molecule has 6 heteroatoms. The number of hydrogen-bond acceptors (Lipinski definition) is 5. The summed E-state index contributed by atoms with van der Waals surface area (Å²) in [6.07, 6.45) is -0.204. The Morgan fingerprint density at radius 2 is 2.13 bits per heavy atom. The van der Waals surface area contributed by atoms with Gasteiger partial charge in [-0.25, -0.2) is 0 Å². The molecule has 0 aliphatic heterocycles. The van der Waals surface area contributed by atoms with Crippen molar-refractivity contribution in [2.75, 3.05) is 5.73 Å². The number of nitrogen functional groups attached to an aromatic ring is 1. The molecule has 1 rings (SSSR count). The lowest BCUT2D eigenvalue weighted by atomic mass is 10.0. The molecule has 1 aromatic carbocycles. The van der Waals surface area contributed by atoms with Crippen LogP contribution < -0.4 is 5.73 Å². The van der Waals surface area contributed by atoms with Gasteiger partial charge in [-0.1, -0.05) is 0 Å². The van der Waals surface area contributed by atoms with E-state index >= 15 is 0 Å². The Labute approximate surface area is 85.3 Å². The van der Waals surface area contributed by atoms with Crippen molar-refractivity contribution in [2.45, 2.75) is 6.42 Å². The van der Waals surface area contributed by atoms with Crippen molar-refractivity contribution in [2.24, 2.45) is 0 Å². The summed E-state index contributed by atoms with van der Waals surface area (Å²) in [5, 5.41) is 27.9. The molecule has 0 aliphatic carbocycles. The highest BCUT2D eigenvalue weighted by molar-refractivity contribution is 5.64. The van der Waals surface area contributed by atoms with Crippen LogP contribution in [0.1, 0.15) is 11.1 Å². The van der Waals surface area contributed by atoms with Gasteiger partial charge in [-0.2, -0.15) is 10.5 Å². The minimum absolute atomic E-state index is 0.00532. The highest BCUT2D eigenvalue weighted by Gasteiger charge is 2.19. The molecular weight excluding hydrogens is 196 g/mol. The van der Waals surface area contributed by atoms with Crippen LogP contribution in [0.4, 0.5) is 11.4 Å². The van der Waals surface area contributed by atoms with E-state index in [0.29, 0.717) is 0 Å².